The van der Waals surface area contributed by atoms with Crippen molar-refractivity contribution in [3.8, 4) is 5.75 Å². The highest BCUT2D eigenvalue weighted by atomic mass is 35.5. The van der Waals surface area contributed by atoms with Gasteiger partial charge in [0.15, 0.2) is 0 Å². The van der Waals surface area contributed by atoms with E-state index >= 15 is 0 Å². The second-order valence-corrected chi connectivity index (χ2v) is 4.71. The largest absolute Gasteiger partial charge is 0.495 e. The lowest BCUT2D eigenvalue weighted by molar-refractivity contribution is -0.111. The number of halogens is 1. The van der Waals surface area contributed by atoms with Crippen LogP contribution in [0.2, 0.25) is 5.02 Å². The molecule has 0 heterocycles. The number of benzene rings is 2. The number of methoxy groups -OCH3 is 1. The van der Waals surface area contributed by atoms with Gasteiger partial charge in [0.05, 0.1) is 23.5 Å². The van der Waals surface area contributed by atoms with E-state index in [-0.39, 0.29) is 5.91 Å². The maximum atomic E-state index is 11.9. The Bertz CT molecular complexity index is 684. The van der Waals surface area contributed by atoms with Crippen LogP contribution >= 0.6 is 11.6 Å². The second kappa shape index (κ2) is 6.81. The Morgan fingerprint density at radius 1 is 1.29 bits per heavy atom. The van der Waals surface area contributed by atoms with Gasteiger partial charge in [0, 0.05) is 6.08 Å². The molecule has 0 unspecified atom stereocenters. The van der Waals surface area contributed by atoms with Crippen LogP contribution in [0.1, 0.15) is 5.56 Å². The lowest BCUT2D eigenvalue weighted by Gasteiger charge is -2.07. The number of carbonyl (C=O) groups excluding carboxylic acids is 1. The average molecular weight is 303 g/mol. The maximum Gasteiger partial charge on any atom is 0.248 e. The highest BCUT2D eigenvalue weighted by molar-refractivity contribution is 6.33. The van der Waals surface area contributed by atoms with E-state index in [0.717, 1.165) is 5.56 Å². The molecule has 0 fully saturated rings. The molecule has 0 radical (unpaired) electrons. The Hall–Kier alpha value is -2.46. The molecule has 0 atom stereocenters. The number of anilines is 2. The third-order valence-electron chi connectivity index (χ3n) is 2.81. The number of nitrogens with one attached hydrogen (secondary N) is 1. The van der Waals surface area contributed by atoms with Crippen molar-refractivity contribution >= 4 is 35.0 Å². The third kappa shape index (κ3) is 4.00. The summed E-state index contributed by atoms with van der Waals surface area (Å²) in [6, 6.07) is 12.4. The molecule has 2 aromatic rings. The number of para-hydroxylation sites is 2. The summed E-state index contributed by atoms with van der Waals surface area (Å²) in [4.78, 5) is 11.9. The molecule has 4 nitrogen and oxygen atoms in total. The quantitative estimate of drug-likeness (QED) is 0.670. The van der Waals surface area contributed by atoms with Crippen LogP contribution in [0.5, 0.6) is 5.75 Å². The fourth-order valence-corrected chi connectivity index (χ4v) is 1.88. The van der Waals surface area contributed by atoms with Crippen molar-refractivity contribution in [1.82, 2.24) is 0 Å². The summed E-state index contributed by atoms with van der Waals surface area (Å²) < 4.78 is 5.17. The van der Waals surface area contributed by atoms with Crippen LogP contribution < -0.4 is 15.8 Å². The number of hydrogen-bond acceptors (Lipinski definition) is 3. The molecule has 0 aliphatic carbocycles. The standard InChI is InChI=1S/C16H15ClN2O2/c1-21-15-5-3-2-4-14(15)19-16(20)9-7-11-6-8-12(17)13(18)10-11/h2-10H,18H2,1H3,(H,19,20)/b9-7+. The van der Waals surface area contributed by atoms with Crippen molar-refractivity contribution in [2.45, 2.75) is 0 Å². The Morgan fingerprint density at radius 2 is 2.05 bits per heavy atom. The SMILES string of the molecule is COc1ccccc1NC(=O)/C=C/c1ccc(Cl)c(N)c1. The van der Waals surface area contributed by atoms with Crippen molar-refractivity contribution in [3.05, 3.63) is 59.1 Å². The van der Waals surface area contributed by atoms with Crippen molar-refractivity contribution in [1.29, 1.82) is 0 Å². The van der Waals surface area contributed by atoms with Gasteiger partial charge in [-0.25, -0.2) is 0 Å². The van der Waals surface area contributed by atoms with Gasteiger partial charge in [0.25, 0.3) is 0 Å². The third-order valence-corrected chi connectivity index (χ3v) is 3.16. The normalized spacial score (nSPS) is 10.6. The lowest BCUT2D eigenvalue weighted by atomic mass is 10.2. The summed E-state index contributed by atoms with van der Waals surface area (Å²) >= 11 is 5.84. The van der Waals surface area contributed by atoms with Gasteiger partial charge in [-0.1, -0.05) is 29.8 Å². The molecule has 0 spiro atoms. The monoisotopic (exact) mass is 302 g/mol. The molecule has 2 aromatic carbocycles. The zero-order valence-electron chi connectivity index (χ0n) is 11.5. The number of nitrogen functional groups attached to an aromatic ring is 1. The summed E-state index contributed by atoms with van der Waals surface area (Å²) in [6.45, 7) is 0. The summed E-state index contributed by atoms with van der Waals surface area (Å²) in [6.07, 6.45) is 3.09. The van der Waals surface area contributed by atoms with E-state index in [2.05, 4.69) is 5.32 Å². The van der Waals surface area contributed by atoms with E-state index in [0.29, 0.717) is 22.1 Å². The number of ether oxygens (including phenoxy) is 1. The van der Waals surface area contributed by atoms with Crippen LogP contribution in [0.3, 0.4) is 0 Å². The lowest BCUT2D eigenvalue weighted by Crippen LogP contribution is -2.08. The first-order valence-corrected chi connectivity index (χ1v) is 6.65. The van der Waals surface area contributed by atoms with Crippen molar-refractivity contribution in [2.75, 3.05) is 18.2 Å². The minimum Gasteiger partial charge on any atom is -0.495 e. The topological polar surface area (TPSA) is 64.3 Å². The number of rotatable bonds is 4. The minimum absolute atomic E-state index is 0.256. The van der Waals surface area contributed by atoms with Crippen molar-refractivity contribution in [2.24, 2.45) is 0 Å². The van der Waals surface area contributed by atoms with Gasteiger partial charge >= 0.3 is 0 Å². The van der Waals surface area contributed by atoms with E-state index in [4.69, 9.17) is 22.1 Å². The van der Waals surface area contributed by atoms with E-state index in [9.17, 15) is 4.79 Å². The first-order chi connectivity index (χ1) is 10.1. The summed E-state index contributed by atoms with van der Waals surface area (Å²) in [5.74, 6) is 0.350. The van der Waals surface area contributed by atoms with Crippen LogP contribution in [-0.2, 0) is 4.79 Å². The average Bonchev–Trinajstić information content (AvgIpc) is 2.49. The molecule has 0 saturated heterocycles. The van der Waals surface area contributed by atoms with Gasteiger partial charge in [-0.15, -0.1) is 0 Å². The van der Waals surface area contributed by atoms with E-state index in [1.54, 1.807) is 43.5 Å². The highest BCUT2D eigenvalue weighted by Crippen LogP contribution is 2.23. The Morgan fingerprint density at radius 3 is 2.76 bits per heavy atom. The molecule has 21 heavy (non-hydrogen) atoms. The molecular weight excluding hydrogens is 288 g/mol. The Balaban J connectivity index is 2.07. The van der Waals surface area contributed by atoms with Crippen LogP contribution in [-0.4, -0.2) is 13.0 Å². The van der Waals surface area contributed by atoms with Gasteiger partial charge in [-0.05, 0) is 35.9 Å². The van der Waals surface area contributed by atoms with E-state index in [1.807, 2.05) is 12.1 Å². The second-order valence-electron chi connectivity index (χ2n) is 4.30. The molecular formula is C16H15ClN2O2. The Labute approximate surface area is 128 Å². The first kappa shape index (κ1) is 14.9. The highest BCUT2D eigenvalue weighted by Gasteiger charge is 2.04. The van der Waals surface area contributed by atoms with Crippen LogP contribution in [0.4, 0.5) is 11.4 Å². The maximum absolute atomic E-state index is 11.9. The zero-order chi connectivity index (χ0) is 15.2. The fourth-order valence-electron chi connectivity index (χ4n) is 1.76. The van der Waals surface area contributed by atoms with E-state index in [1.165, 1.54) is 6.08 Å². The predicted octanol–water partition coefficient (Wildman–Crippen LogP) is 3.58. The number of amides is 1. The van der Waals surface area contributed by atoms with E-state index < -0.39 is 0 Å². The van der Waals surface area contributed by atoms with Gasteiger partial charge in [0.2, 0.25) is 5.91 Å². The van der Waals surface area contributed by atoms with Crippen LogP contribution in [0, 0.1) is 0 Å². The molecule has 5 heteroatoms. The molecule has 0 aromatic heterocycles. The minimum atomic E-state index is -0.256. The van der Waals surface area contributed by atoms with Crippen LogP contribution in [0.15, 0.2) is 48.5 Å². The van der Waals surface area contributed by atoms with Gasteiger partial charge in [0.1, 0.15) is 5.75 Å². The number of nitrogens with two attached hydrogens (primary N) is 1. The summed E-state index contributed by atoms with van der Waals surface area (Å²) in [7, 11) is 1.55. The molecule has 0 aliphatic heterocycles. The smallest absolute Gasteiger partial charge is 0.248 e. The van der Waals surface area contributed by atoms with Gasteiger partial charge in [-0.3, -0.25) is 4.79 Å². The van der Waals surface area contributed by atoms with Crippen LogP contribution in [0.25, 0.3) is 6.08 Å². The Kier molecular flexibility index (Phi) is 4.85. The molecule has 2 rings (SSSR count). The van der Waals surface area contributed by atoms with Gasteiger partial charge in [-0.2, -0.15) is 0 Å². The molecule has 0 aliphatic rings. The molecule has 1 amide bonds. The summed E-state index contributed by atoms with van der Waals surface area (Å²) in [5, 5.41) is 3.24. The summed E-state index contributed by atoms with van der Waals surface area (Å²) in [5.41, 5.74) is 7.60. The van der Waals surface area contributed by atoms with Gasteiger partial charge < -0.3 is 15.8 Å². The molecule has 0 bridgehead atoms. The molecule has 108 valence electrons. The zero-order valence-corrected chi connectivity index (χ0v) is 12.2. The molecule has 3 N–H and O–H groups in total. The number of hydrogen-bond donors (Lipinski definition) is 2. The fraction of sp³-hybridized carbons (Fsp3) is 0.0625. The predicted molar refractivity (Wildman–Crippen MR) is 86.5 cm³/mol. The first-order valence-electron chi connectivity index (χ1n) is 6.27. The molecule has 0 saturated carbocycles. The van der Waals surface area contributed by atoms with Crippen molar-refractivity contribution in [3.63, 3.8) is 0 Å². The number of carbonyl (C=O) groups is 1. The van der Waals surface area contributed by atoms with Crippen molar-refractivity contribution < 1.29 is 9.53 Å².